The van der Waals surface area contributed by atoms with Crippen LogP contribution in [-0.4, -0.2) is 50.1 Å². The van der Waals surface area contributed by atoms with Crippen molar-refractivity contribution in [2.45, 2.75) is 39.7 Å². The summed E-state index contributed by atoms with van der Waals surface area (Å²) in [5.41, 5.74) is 1.08. The van der Waals surface area contributed by atoms with E-state index in [1.807, 2.05) is 36.1 Å². The third-order valence-corrected chi connectivity index (χ3v) is 4.54. The summed E-state index contributed by atoms with van der Waals surface area (Å²) >= 11 is 0. The summed E-state index contributed by atoms with van der Waals surface area (Å²) in [6, 6.07) is 7.89. The van der Waals surface area contributed by atoms with Crippen molar-refractivity contribution in [2.75, 3.05) is 33.3 Å². The number of carbonyl (C=O) groups is 1. The van der Waals surface area contributed by atoms with E-state index in [0.29, 0.717) is 25.4 Å². The summed E-state index contributed by atoms with van der Waals surface area (Å²) in [6.07, 6.45) is 2.84. The number of likely N-dealkylation sites (tertiary alicyclic amines) is 1. The maximum atomic E-state index is 12.3. The second-order valence-electron chi connectivity index (χ2n) is 6.81. The highest BCUT2D eigenvalue weighted by Crippen LogP contribution is 2.16. The van der Waals surface area contributed by atoms with Crippen molar-refractivity contribution in [1.82, 2.24) is 15.5 Å². The molecule has 2 rings (SSSR count). The van der Waals surface area contributed by atoms with Gasteiger partial charge in [0.15, 0.2) is 5.96 Å². The Morgan fingerprint density at radius 1 is 1.38 bits per heavy atom. The number of carbonyl (C=O) groups excluding carboxylic acids is 1. The van der Waals surface area contributed by atoms with Crippen LogP contribution in [0.4, 0.5) is 0 Å². The van der Waals surface area contributed by atoms with Gasteiger partial charge in [-0.05, 0) is 43.4 Å². The summed E-state index contributed by atoms with van der Waals surface area (Å²) in [4.78, 5) is 18.9. The Hall–Kier alpha value is -2.24. The van der Waals surface area contributed by atoms with Crippen LogP contribution in [0.2, 0.25) is 0 Å². The Bertz CT molecular complexity index is 603. The Kier molecular flexibility index (Phi) is 8.25. The van der Waals surface area contributed by atoms with Crippen molar-refractivity contribution >= 4 is 11.9 Å². The summed E-state index contributed by atoms with van der Waals surface area (Å²) < 4.78 is 5.24. The van der Waals surface area contributed by atoms with E-state index in [-0.39, 0.29) is 5.91 Å². The number of aliphatic imine (C=N–C) groups is 1. The van der Waals surface area contributed by atoms with Crippen molar-refractivity contribution in [2.24, 2.45) is 10.9 Å². The van der Waals surface area contributed by atoms with Gasteiger partial charge in [-0.15, -0.1) is 0 Å². The monoisotopic (exact) mass is 360 g/mol. The summed E-state index contributed by atoms with van der Waals surface area (Å²) in [7, 11) is 1.66. The van der Waals surface area contributed by atoms with Gasteiger partial charge in [-0.1, -0.05) is 19.1 Å². The van der Waals surface area contributed by atoms with Crippen LogP contribution in [0.1, 0.15) is 38.7 Å². The van der Waals surface area contributed by atoms with Gasteiger partial charge in [0, 0.05) is 32.6 Å². The van der Waals surface area contributed by atoms with Crippen LogP contribution < -0.4 is 15.4 Å². The molecule has 1 aliphatic heterocycles. The lowest BCUT2D eigenvalue weighted by Gasteiger charge is -2.31. The number of guanidine groups is 1. The van der Waals surface area contributed by atoms with Crippen molar-refractivity contribution < 1.29 is 9.53 Å². The molecule has 2 N–H and O–H groups in total. The fourth-order valence-corrected chi connectivity index (χ4v) is 3.14. The molecule has 6 heteroatoms. The number of piperidine rings is 1. The standard InChI is InChI=1S/C20H32N4O2/c1-4-21-20(23-14-17-8-5-9-18(13-17)26-3)22-11-10-19(25)24-12-6-7-16(2)15-24/h5,8-9,13,16H,4,6-7,10-12,14-15H2,1-3H3,(H2,21,22,23). The Labute approximate surface area is 157 Å². The molecule has 1 atom stereocenters. The molecule has 6 nitrogen and oxygen atoms in total. The first-order chi connectivity index (χ1) is 12.6. The van der Waals surface area contributed by atoms with E-state index in [1.165, 1.54) is 6.42 Å². The molecule has 1 fully saturated rings. The fraction of sp³-hybridized carbons (Fsp3) is 0.600. The van der Waals surface area contributed by atoms with Crippen LogP contribution >= 0.6 is 0 Å². The third-order valence-electron chi connectivity index (χ3n) is 4.54. The lowest BCUT2D eigenvalue weighted by atomic mass is 10.00. The van der Waals surface area contributed by atoms with Crippen LogP contribution in [0.25, 0.3) is 0 Å². The van der Waals surface area contributed by atoms with Crippen LogP contribution in [0.3, 0.4) is 0 Å². The van der Waals surface area contributed by atoms with Gasteiger partial charge in [-0.2, -0.15) is 0 Å². The molecule has 1 saturated heterocycles. The molecule has 0 aliphatic carbocycles. The van der Waals surface area contributed by atoms with E-state index >= 15 is 0 Å². The fourth-order valence-electron chi connectivity index (χ4n) is 3.14. The Balaban J connectivity index is 1.82. The van der Waals surface area contributed by atoms with Gasteiger partial charge < -0.3 is 20.3 Å². The van der Waals surface area contributed by atoms with Crippen LogP contribution in [0.15, 0.2) is 29.3 Å². The lowest BCUT2D eigenvalue weighted by molar-refractivity contribution is -0.132. The van der Waals surface area contributed by atoms with Crippen molar-refractivity contribution in [3.63, 3.8) is 0 Å². The van der Waals surface area contributed by atoms with E-state index in [2.05, 4.69) is 22.5 Å². The first kappa shape index (κ1) is 20.1. The Morgan fingerprint density at radius 2 is 2.23 bits per heavy atom. The number of rotatable bonds is 7. The molecule has 0 bridgehead atoms. The SMILES string of the molecule is CCNC(=NCc1cccc(OC)c1)NCCC(=O)N1CCCC(C)C1. The van der Waals surface area contributed by atoms with Gasteiger partial charge in [0.2, 0.25) is 5.91 Å². The zero-order chi connectivity index (χ0) is 18.8. The molecule has 0 saturated carbocycles. The third kappa shape index (κ3) is 6.58. The van der Waals surface area contributed by atoms with Crippen LogP contribution in [0, 0.1) is 5.92 Å². The molecule has 144 valence electrons. The maximum absolute atomic E-state index is 12.3. The lowest BCUT2D eigenvalue weighted by Crippen LogP contribution is -2.42. The van der Waals surface area contributed by atoms with Crippen LogP contribution in [-0.2, 0) is 11.3 Å². The minimum absolute atomic E-state index is 0.229. The number of amides is 1. The molecule has 1 heterocycles. The number of nitrogens with one attached hydrogen (secondary N) is 2. The minimum Gasteiger partial charge on any atom is -0.497 e. The highest BCUT2D eigenvalue weighted by atomic mass is 16.5. The van der Waals surface area contributed by atoms with Gasteiger partial charge >= 0.3 is 0 Å². The molecule has 1 aromatic rings. The quantitative estimate of drug-likeness (QED) is 0.579. The summed E-state index contributed by atoms with van der Waals surface area (Å²) in [6.45, 7) is 7.96. The molecular weight excluding hydrogens is 328 g/mol. The molecule has 0 radical (unpaired) electrons. The number of hydrogen-bond acceptors (Lipinski definition) is 3. The highest BCUT2D eigenvalue weighted by molar-refractivity contribution is 5.81. The maximum Gasteiger partial charge on any atom is 0.224 e. The van der Waals surface area contributed by atoms with E-state index in [1.54, 1.807) is 7.11 Å². The first-order valence-electron chi connectivity index (χ1n) is 9.55. The second-order valence-corrected chi connectivity index (χ2v) is 6.81. The number of hydrogen-bond donors (Lipinski definition) is 2. The largest absolute Gasteiger partial charge is 0.497 e. The van der Waals surface area contributed by atoms with Gasteiger partial charge in [-0.25, -0.2) is 4.99 Å². The van der Waals surface area contributed by atoms with Gasteiger partial charge in [0.25, 0.3) is 0 Å². The van der Waals surface area contributed by atoms with E-state index in [4.69, 9.17) is 4.74 Å². The van der Waals surface area contributed by atoms with Gasteiger partial charge in [0.05, 0.1) is 13.7 Å². The number of nitrogens with zero attached hydrogens (tertiary/aromatic N) is 2. The van der Waals surface area contributed by atoms with E-state index in [9.17, 15) is 4.79 Å². The normalized spacial score (nSPS) is 17.7. The topological polar surface area (TPSA) is 66.0 Å². The highest BCUT2D eigenvalue weighted by Gasteiger charge is 2.20. The zero-order valence-corrected chi connectivity index (χ0v) is 16.3. The van der Waals surface area contributed by atoms with E-state index < -0.39 is 0 Å². The molecule has 1 aliphatic rings. The molecule has 26 heavy (non-hydrogen) atoms. The molecule has 0 aromatic heterocycles. The average Bonchev–Trinajstić information content (AvgIpc) is 2.66. The van der Waals surface area contributed by atoms with Crippen molar-refractivity contribution in [3.8, 4) is 5.75 Å². The van der Waals surface area contributed by atoms with E-state index in [0.717, 1.165) is 43.3 Å². The number of methoxy groups -OCH3 is 1. The Morgan fingerprint density at radius 3 is 2.96 bits per heavy atom. The first-order valence-corrected chi connectivity index (χ1v) is 9.55. The molecular formula is C20H32N4O2. The summed E-state index contributed by atoms with van der Waals surface area (Å²) in [5.74, 6) is 2.40. The average molecular weight is 361 g/mol. The van der Waals surface area contributed by atoms with Gasteiger partial charge in [-0.3, -0.25) is 4.79 Å². The second kappa shape index (κ2) is 10.7. The molecule has 1 aromatic carbocycles. The molecule has 1 amide bonds. The van der Waals surface area contributed by atoms with Crippen LogP contribution in [0.5, 0.6) is 5.75 Å². The minimum atomic E-state index is 0.229. The number of benzene rings is 1. The van der Waals surface area contributed by atoms with Gasteiger partial charge in [0.1, 0.15) is 5.75 Å². The predicted octanol–water partition coefficient (Wildman–Crippen LogP) is 2.40. The number of ether oxygens (including phenoxy) is 1. The summed E-state index contributed by atoms with van der Waals surface area (Å²) in [5, 5.41) is 6.49. The van der Waals surface area contributed by atoms with Crippen molar-refractivity contribution in [1.29, 1.82) is 0 Å². The molecule has 0 spiro atoms. The predicted molar refractivity (Wildman–Crippen MR) is 105 cm³/mol. The van der Waals surface area contributed by atoms with Crippen molar-refractivity contribution in [3.05, 3.63) is 29.8 Å². The molecule has 1 unspecified atom stereocenters. The smallest absolute Gasteiger partial charge is 0.224 e. The zero-order valence-electron chi connectivity index (χ0n) is 16.3.